The van der Waals surface area contributed by atoms with Gasteiger partial charge in [0.05, 0.1) is 6.10 Å². The van der Waals surface area contributed by atoms with E-state index in [9.17, 15) is 10.2 Å². The number of aliphatic hydroxyl groups is 2. The van der Waals surface area contributed by atoms with Crippen LogP contribution in [0.2, 0.25) is 0 Å². The van der Waals surface area contributed by atoms with Gasteiger partial charge in [-0.3, -0.25) is 0 Å². The van der Waals surface area contributed by atoms with Gasteiger partial charge in [-0.25, -0.2) is 0 Å². The second-order valence-corrected chi connectivity index (χ2v) is 3.64. The van der Waals surface area contributed by atoms with Gasteiger partial charge >= 0.3 is 0 Å². The Labute approximate surface area is 92.3 Å². The van der Waals surface area contributed by atoms with Gasteiger partial charge in [0.1, 0.15) is 17.1 Å². The van der Waals surface area contributed by atoms with Gasteiger partial charge in [0.25, 0.3) is 0 Å². The smallest absolute Gasteiger partial charge is 0.113 e. The molecule has 0 radical (unpaired) electrons. The summed E-state index contributed by atoms with van der Waals surface area (Å²) >= 11 is 0. The molecule has 0 bridgehead atoms. The molecule has 16 heavy (non-hydrogen) atoms. The highest BCUT2D eigenvalue weighted by Gasteiger charge is 2.18. The summed E-state index contributed by atoms with van der Waals surface area (Å²) in [6, 6.07) is 5.19. The second kappa shape index (κ2) is 4.56. The van der Waals surface area contributed by atoms with Crippen molar-refractivity contribution in [1.82, 2.24) is 20.7 Å². The fourth-order valence-corrected chi connectivity index (χ4v) is 1.58. The van der Waals surface area contributed by atoms with Crippen molar-refractivity contribution < 1.29 is 10.2 Å². The lowest BCUT2D eigenvalue weighted by molar-refractivity contribution is 0.0203. The minimum absolute atomic E-state index is 0.331. The molecule has 6 nitrogen and oxygen atoms in total. The van der Waals surface area contributed by atoms with E-state index in [1.165, 1.54) is 0 Å². The fourth-order valence-electron chi connectivity index (χ4n) is 1.58. The normalized spacial score (nSPS) is 15.2. The van der Waals surface area contributed by atoms with Crippen LogP contribution in [0.5, 0.6) is 0 Å². The first-order valence-corrected chi connectivity index (χ1v) is 5.03. The third-order valence-electron chi connectivity index (χ3n) is 2.46. The van der Waals surface area contributed by atoms with Gasteiger partial charge < -0.3 is 15.5 Å². The molecule has 0 fully saturated rings. The number of fused-ring (bicyclic) bond motifs is 1. The van der Waals surface area contributed by atoms with Crippen LogP contribution < -0.4 is 5.32 Å². The van der Waals surface area contributed by atoms with E-state index in [1.54, 1.807) is 25.2 Å². The highest BCUT2D eigenvalue weighted by molar-refractivity contribution is 5.74. The molecule has 1 heterocycles. The average molecular weight is 222 g/mol. The number of hydrogen-bond donors (Lipinski definition) is 4. The molecule has 6 heteroatoms. The van der Waals surface area contributed by atoms with E-state index in [1.807, 2.05) is 0 Å². The molecule has 86 valence electrons. The summed E-state index contributed by atoms with van der Waals surface area (Å²) in [7, 11) is 1.72. The van der Waals surface area contributed by atoms with Crippen molar-refractivity contribution >= 4 is 11.0 Å². The third-order valence-corrected chi connectivity index (χ3v) is 2.46. The Morgan fingerprint density at radius 3 is 2.81 bits per heavy atom. The average Bonchev–Trinajstić information content (AvgIpc) is 2.75. The zero-order chi connectivity index (χ0) is 11.5. The fraction of sp³-hybridized carbons (Fsp3) is 0.400. The molecular formula is C10H14N4O2. The third kappa shape index (κ3) is 2.04. The first-order valence-electron chi connectivity index (χ1n) is 5.03. The Morgan fingerprint density at radius 2 is 2.06 bits per heavy atom. The number of benzene rings is 1. The van der Waals surface area contributed by atoms with Crippen molar-refractivity contribution in [3.8, 4) is 0 Å². The summed E-state index contributed by atoms with van der Waals surface area (Å²) in [5.41, 5.74) is 2.04. The molecular weight excluding hydrogens is 208 g/mol. The summed E-state index contributed by atoms with van der Waals surface area (Å²) < 4.78 is 0. The molecule has 0 saturated heterocycles. The summed E-state index contributed by atoms with van der Waals surface area (Å²) in [5, 5.41) is 32.6. The monoisotopic (exact) mass is 222 g/mol. The molecule has 0 aliphatic rings. The molecule has 2 rings (SSSR count). The molecule has 2 unspecified atom stereocenters. The largest absolute Gasteiger partial charge is 0.389 e. The van der Waals surface area contributed by atoms with Crippen molar-refractivity contribution in [3.63, 3.8) is 0 Å². The summed E-state index contributed by atoms with van der Waals surface area (Å²) in [5.74, 6) is 0. The molecule has 1 aromatic heterocycles. The summed E-state index contributed by atoms with van der Waals surface area (Å²) in [6.45, 7) is 0.331. The Hall–Kier alpha value is -1.50. The van der Waals surface area contributed by atoms with Crippen molar-refractivity contribution in [1.29, 1.82) is 0 Å². The molecule has 0 aliphatic heterocycles. The van der Waals surface area contributed by atoms with Gasteiger partial charge in [-0.15, -0.1) is 0 Å². The van der Waals surface area contributed by atoms with E-state index in [2.05, 4.69) is 20.7 Å². The van der Waals surface area contributed by atoms with Crippen LogP contribution in [-0.2, 0) is 0 Å². The quantitative estimate of drug-likeness (QED) is 0.563. The minimum atomic E-state index is -0.923. The maximum absolute atomic E-state index is 9.87. The minimum Gasteiger partial charge on any atom is -0.389 e. The van der Waals surface area contributed by atoms with Crippen LogP contribution in [0.3, 0.4) is 0 Å². The standard InChI is InChI=1S/C10H14N4O2/c1-11-5-9(15)10(16)6-2-3-7-8(4-6)13-14-12-7/h2-4,9-11,15-16H,5H2,1H3,(H,12,13,14). The number of aromatic nitrogens is 3. The van der Waals surface area contributed by atoms with Crippen LogP contribution in [0.25, 0.3) is 11.0 Å². The van der Waals surface area contributed by atoms with Gasteiger partial charge in [-0.1, -0.05) is 6.07 Å². The number of nitrogens with one attached hydrogen (secondary N) is 2. The summed E-state index contributed by atoms with van der Waals surface area (Å²) in [6.07, 6.45) is -1.76. The Balaban J connectivity index is 2.24. The first-order chi connectivity index (χ1) is 7.72. The van der Waals surface area contributed by atoms with Crippen LogP contribution in [0.15, 0.2) is 18.2 Å². The Bertz CT molecular complexity index is 471. The topological polar surface area (TPSA) is 94.1 Å². The van der Waals surface area contributed by atoms with E-state index in [-0.39, 0.29) is 0 Å². The number of hydrogen-bond acceptors (Lipinski definition) is 5. The lowest BCUT2D eigenvalue weighted by atomic mass is 10.0. The van der Waals surface area contributed by atoms with Crippen molar-refractivity contribution in [2.24, 2.45) is 0 Å². The van der Waals surface area contributed by atoms with E-state index >= 15 is 0 Å². The number of likely N-dealkylation sites (N-methyl/N-ethyl adjacent to an activating group) is 1. The van der Waals surface area contributed by atoms with E-state index in [0.717, 1.165) is 5.52 Å². The number of aliphatic hydroxyl groups excluding tert-OH is 2. The Morgan fingerprint density at radius 1 is 1.31 bits per heavy atom. The molecule has 0 aliphatic carbocycles. The predicted molar refractivity (Wildman–Crippen MR) is 58.8 cm³/mol. The van der Waals surface area contributed by atoms with E-state index in [0.29, 0.717) is 17.6 Å². The van der Waals surface area contributed by atoms with E-state index in [4.69, 9.17) is 0 Å². The van der Waals surface area contributed by atoms with Crippen LogP contribution in [0.4, 0.5) is 0 Å². The molecule has 0 spiro atoms. The van der Waals surface area contributed by atoms with Crippen molar-refractivity contribution in [2.75, 3.05) is 13.6 Å². The predicted octanol–water partition coefficient (Wildman–Crippen LogP) is -0.428. The highest BCUT2D eigenvalue weighted by Crippen LogP contribution is 2.19. The SMILES string of the molecule is CNCC(O)C(O)c1ccc2n[nH]nc2c1. The second-order valence-electron chi connectivity index (χ2n) is 3.64. The molecule has 0 saturated carbocycles. The molecule has 4 N–H and O–H groups in total. The lowest BCUT2D eigenvalue weighted by Gasteiger charge is -2.17. The van der Waals surface area contributed by atoms with Gasteiger partial charge in [0, 0.05) is 6.54 Å². The van der Waals surface area contributed by atoms with Crippen molar-refractivity contribution in [2.45, 2.75) is 12.2 Å². The van der Waals surface area contributed by atoms with Crippen LogP contribution >= 0.6 is 0 Å². The number of aromatic amines is 1. The molecule has 2 atom stereocenters. The molecule has 1 aromatic carbocycles. The maximum atomic E-state index is 9.87. The molecule has 0 amide bonds. The number of nitrogens with zero attached hydrogens (tertiary/aromatic N) is 2. The zero-order valence-electron chi connectivity index (χ0n) is 8.88. The van der Waals surface area contributed by atoms with E-state index < -0.39 is 12.2 Å². The zero-order valence-corrected chi connectivity index (χ0v) is 8.88. The van der Waals surface area contributed by atoms with Crippen LogP contribution in [-0.4, -0.2) is 45.3 Å². The van der Waals surface area contributed by atoms with Crippen LogP contribution in [0, 0.1) is 0 Å². The molecule has 2 aromatic rings. The van der Waals surface area contributed by atoms with Gasteiger partial charge in [0.2, 0.25) is 0 Å². The van der Waals surface area contributed by atoms with Gasteiger partial charge in [0.15, 0.2) is 0 Å². The first kappa shape index (κ1) is 11.0. The Kier molecular flexibility index (Phi) is 3.14. The van der Waals surface area contributed by atoms with Crippen molar-refractivity contribution in [3.05, 3.63) is 23.8 Å². The van der Waals surface area contributed by atoms with Gasteiger partial charge in [-0.05, 0) is 24.7 Å². The number of rotatable bonds is 4. The summed E-state index contributed by atoms with van der Waals surface area (Å²) in [4.78, 5) is 0. The van der Waals surface area contributed by atoms with Crippen LogP contribution in [0.1, 0.15) is 11.7 Å². The highest BCUT2D eigenvalue weighted by atomic mass is 16.3. The maximum Gasteiger partial charge on any atom is 0.113 e. The number of H-pyrrole nitrogens is 1. The van der Waals surface area contributed by atoms with Gasteiger partial charge in [-0.2, -0.15) is 15.4 Å². The lowest BCUT2D eigenvalue weighted by Crippen LogP contribution is -2.29.